The molecule has 6 unspecified atom stereocenters. The first kappa shape index (κ1) is 39.7. The standard InChI is InChI=1S/C49H54O9/c1-25(2)14-13-21-47(8)22-20-32-40(57-47)31(18-17-26(3)4)43-37(41(32)54-9)44-38-35(36-39(50)29-15-11-12-16-30(29)42(36)56-44)33-24-34(27(5)6)49(38,58-43)48(53,45(33)51)23-19-28(7)46(52)55-10/h11-12,14-17,19-20,22,27,33-35,53H,13,18,21,23-24H2,1-10H3/b28-19-. The second-order valence-corrected chi connectivity index (χ2v) is 17.8. The molecule has 7 aliphatic rings. The van der Waals surface area contributed by atoms with E-state index in [4.69, 9.17) is 23.7 Å². The summed E-state index contributed by atoms with van der Waals surface area (Å²) in [5.41, 5.74) is 2.21. The summed E-state index contributed by atoms with van der Waals surface area (Å²) < 4.78 is 33.2. The molecule has 0 amide bonds. The van der Waals surface area contributed by atoms with Gasteiger partial charge in [-0.25, -0.2) is 4.79 Å². The molecule has 3 heterocycles. The van der Waals surface area contributed by atoms with Crippen LogP contribution in [0.5, 0.6) is 17.2 Å². The first-order valence-corrected chi connectivity index (χ1v) is 20.5. The maximum absolute atomic E-state index is 15.3. The van der Waals surface area contributed by atoms with Crippen LogP contribution in [0.15, 0.2) is 76.4 Å². The number of ether oxygens (including phenoxy) is 5. The maximum Gasteiger partial charge on any atom is 0.333 e. The molecule has 0 aromatic heterocycles. The van der Waals surface area contributed by atoms with E-state index in [2.05, 4.69) is 58.9 Å². The zero-order chi connectivity index (χ0) is 41.6. The van der Waals surface area contributed by atoms with Crippen LogP contribution >= 0.6 is 0 Å². The summed E-state index contributed by atoms with van der Waals surface area (Å²) in [4.78, 5) is 42.5. The Morgan fingerprint density at radius 1 is 0.966 bits per heavy atom. The van der Waals surface area contributed by atoms with Crippen LogP contribution in [0.25, 0.3) is 17.6 Å². The number of methoxy groups -OCH3 is 2. The zero-order valence-electron chi connectivity index (χ0n) is 35.3. The predicted octanol–water partition coefficient (Wildman–Crippen LogP) is 9.33. The van der Waals surface area contributed by atoms with Gasteiger partial charge in [0.2, 0.25) is 0 Å². The number of esters is 1. The van der Waals surface area contributed by atoms with Crippen molar-refractivity contribution in [2.75, 3.05) is 14.2 Å². The summed E-state index contributed by atoms with van der Waals surface area (Å²) in [5.74, 6) is -0.847. The number of carbonyl (C=O) groups excluding carboxylic acids is 3. The van der Waals surface area contributed by atoms with Crippen molar-refractivity contribution in [3.8, 4) is 17.2 Å². The number of hydrogen-bond donors (Lipinski definition) is 1. The molecule has 4 aliphatic carbocycles. The smallest absolute Gasteiger partial charge is 0.333 e. The van der Waals surface area contributed by atoms with E-state index < -0.39 is 46.3 Å². The highest BCUT2D eigenvalue weighted by molar-refractivity contribution is 6.22. The van der Waals surface area contributed by atoms with Crippen molar-refractivity contribution in [1.82, 2.24) is 0 Å². The minimum absolute atomic E-state index is 0.0887. The average molecular weight is 787 g/mol. The van der Waals surface area contributed by atoms with Gasteiger partial charge in [-0.05, 0) is 85.3 Å². The van der Waals surface area contributed by atoms with Crippen molar-refractivity contribution in [1.29, 1.82) is 0 Å². The number of hydrogen-bond acceptors (Lipinski definition) is 9. The van der Waals surface area contributed by atoms with Crippen LogP contribution in [0.2, 0.25) is 0 Å². The Kier molecular flexibility index (Phi) is 9.58. The van der Waals surface area contributed by atoms with Gasteiger partial charge in [-0.15, -0.1) is 0 Å². The predicted molar refractivity (Wildman–Crippen MR) is 222 cm³/mol. The second kappa shape index (κ2) is 14.0. The first-order chi connectivity index (χ1) is 27.5. The van der Waals surface area contributed by atoms with Crippen LogP contribution in [0.3, 0.4) is 0 Å². The molecule has 3 fully saturated rings. The summed E-state index contributed by atoms with van der Waals surface area (Å²) in [6.07, 6.45) is 12.1. The van der Waals surface area contributed by atoms with Crippen LogP contribution in [0.4, 0.5) is 0 Å². The Morgan fingerprint density at radius 2 is 1.67 bits per heavy atom. The molecule has 1 spiro atoms. The highest BCUT2D eigenvalue weighted by Gasteiger charge is 2.77. The number of ketones is 2. The van der Waals surface area contributed by atoms with Gasteiger partial charge in [0, 0.05) is 52.0 Å². The lowest BCUT2D eigenvalue weighted by atomic mass is 9.43. The highest BCUT2D eigenvalue weighted by Crippen LogP contribution is 2.71. The highest BCUT2D eigenvalue weighted by atomic mass is 16.5. The molecule has 2 aromatic carbocycles. The molecule has 9 heteroatoms. The van der Waals surface area contributed by atoms with Crippen molar-refractivity contribution in [3.05, 3.63) is 104 Å². The van der Waals surface area contributed by atoms with Gasteiger partial charge in [0.15, 0.2) is 22.8 Å². The van der Waals surface area contributed by atoms with Gasteiger partial charge in [0.1, 0.15) is 39.9 Å². The van der Waals surface area contributed by atoms with Gasteiger partial charge in [0.05, 0.1) is 25.4 Å². The van der Waals surface area contributed by atoms with E-state index >= 15 is 4.79 Å². The third-order valence-corrected chi connectivity index (χ3v) is 13.2. The fourth-order valence-electron chi connectivity index (χ4n) is 10.4. The lowest BCUT2D eigenvalue weighted by Gasteiger charge is -2.65. The normalized spacial score (nSPS) is 28.4. The molecule has 304 valence electrons. The number of rotatable bonds is 10. The number of Topliss-reactive ketones (excluding diaryl/α,β-unsaturated/α-hetero) is 2. The molecule has 0 saturated heterocycles. The largest absolute Gasteiger partial charge is 0.495 e. The summed E-state index contributed by atoms with van der Waals surface area (Å²) in [5, 5.41) is 13.4. The number of allylic oxidation sites excluding steroid dienone is 5. The number of fused-ring (bicyclic) bond motifs is 7. The molecule has 0 radical (unpaired) electrons. The van der Waals surface area contributed by atoms with Gasteiger partial charge >= 0.3 is 5.97 Å². The second-order valence-electron chi connectivity index (χ2n) is 17.8. The number of carbonyl (C=O) groups is 3. The van der Waals surface area contributed by atoms with Crippen LogP contribution in [0, 0.1) is 23.7 Å². The SMILES string of the molecule is COC(=O)/C(C)=C\CC1(O)C(=O)C2CC(C(C)C)C13Oc1c(CC=C(C)C)c4c(c(OC)c1C1=C3C2C2=C(O1)c1ccccc1C2=O)C=CC(C)(CCC=C(C)C)O4. The molecule has 9 rings (SSSR count). The van der Waals surface area contributed by atoms with E-state index in [9.17, 15) is 14.7 Å². The Hall–Kier alpha value is -5.15. The molecule has 9 nitrogen and oxygen atoms in total. The van der Waals surface area contributed by atoms with Crippen molar-refractivity contribution < 1.29 is 43.2 Å². The van der Waals surface area contributed by atoms with Gasteiger partial charge in [0.25, 0.3) is 0 Å². The van der Waals surface area contributed by atoms with E-state index in [1.54, 1.807) is 26.2 Å². The van der Waals surface area contributed by atoms with E-state index in [1.807, 2.05) is 32.0 Å². The third-order valence-electron chi connectivity index (χ3n) is 13.2. The van der Waals surface area contributed by atoms with Crippen molar-refractivity contribution >= 4 is 35.1 Å². The molecule has 3 saturated carbocycles. The topological polar surface area (TPSA) is 118 Å². The van der Waals surface area contributed by atoms with Crippen molar-refractivity contribution in [2.24, 2.45) is 23.7 Å². The Labute approximate surface area is 341 Å². The van der Waals surface area contributed by atoms with Gasteiger partial charge < -0.3 is 28.8 Å². The first-order valence-electron chi connectivity index (χ1n) is 20.5. The summed E-state index contributed by atoms with van der Waals surface area (Å²) >= 11 is 0. The molecule has 1 N–H and O–H groups in total. The Morgan fingerprint density at radius 3 is 2.33 bits per heavy atom. The molecular formula is C49H54O9. The van der Waals surface area contributed by atoms with Gasteiger partial charge in [-0.3, -0.25) is 9.59 Å². The van der Waals surface area contributed by atoms with Crippen molar-refractivity contribution in [3.63, 3.8) is 0 Å². The average Bonchev–Trinajstić information content (AvgIpc) is 3.47. The van der Waals surface area contributed by atoms with E-state index in [0.717, 1.165) is 29.5 Å². The molecule has 3 aliphatic heterocycles. The Bertz CT molecular complexity index is 2360. The lowest BCUT2D eigenvalue weighted by molar-refractivity contribution is -0.210. The maximum atomic E-state index is 15.3. The molecular weight excluding hydrogens is 733 g/mol. The van der Waals surface area contributed by atoms with Crippen LogP contribution in [-0.2, 0) is 25.5 Å². The summed E-state index contributed by atoms with van der Waals surface area (Å²) in [7, 11) is 2.91. The number of benzene rings is 2. The van der Waals surface area contributed by atoms with Gasteiger partial charge in [-0.1, -0.05) is 67.5 Å². The number of aliphatic hydroxyl groups is 1. The molecule has 2 bridgehead atoms. The summed E-state index contributed by atoms with van der Waals surface area (Å²) in [6, 6.07) is 7.38. The molecule has 6 atom stereocenters. The van der Waals surface area contributed by atoms with Gasteiger partial charge in [-0.2, -0.15) is 0 Å². The lowest BCUT2D eigenvalue weighted by Crippen LogP contribution is -2.78. The van der Waals surface area contributed by atoms with Crippen LogP contribution < -0.4 is 14.2 Å². The van der Waals surface area contributed by atoms with Crippen molar-refractivity contribution in [2.45, 2.75) is 104 Å². The minimum atomic E-state index is -2.17. The zero-order valence-corrected chi connectivity index (χ0v) is 35.3. The van der Waals surface area contributed by atoms with E-state index in [-0.39, 0.29) is 23.7 Å². The monoisotopic (exact) mass is 786 g/mol. The molecule has 58 heavy (non-hydrogen) atoms. The Balaban J connectivity index is 1.46. The molecule has 2 aromatic rings. The van der Waals surface area contributed by atoms with Crippen LogP contribution in [-0.4, -0.2) is 53.7 Å². The quantitative estimate of drug-likeness (QED) is 0.143. The fraction of sp³-hybridized carbons (Fsp3) is 0.449. The minimum Gasteiger partial charge on any atom is -0.495 e. The summed E-state index contributed by atoms with van der Waals surface area (Å²) in [6.45, 7) is 16.1. The third kappa shape index (κ3) is 5.55. The fourth-order valence-corrected chi connectivity index (χ4v) is 10.4. The van der Waals surface area contributed by atoms with Crippen LogP contribution in [0.1, 0.15) is 114 Å². The van der Waals surface area contributed by atoms with E-state index in [1.165, 1.54) is 12.7 Å². The van der Waals surface area contributed by atoms with E-state index in [0.29, 0.717) is 69.4 Å².